The molecule has 0 spiro atoms. The number of hydrogen-bond donors (Lipinski definition) is 1. The second-order valence-corrected chi connectivity index (χ2v) is 9.18. The Balaban J connectivity index is 2.36. The number of aryl methyl sites for hydroxylation is 1. The smallest absolute Gasteiger partial charge is 0.307 e. The standard InChI is InChI=1S/C20H23ClN2O5S/c1-13-5-7-14(8-6-13)17(12-19(24)28-4)22-20(25)15-9-10-16(21)18(11-15)29(26,27)23(2)3/h5-11,17H,12H2,1-4H3,(H,22,25). The van der Waals surface area contributed by atoms with E-state index < -0.39 is 27.9 Å². The summed E-state index contributed by atoms with van der Waals surface area (Å²) >= 11 is 6.03. The summed E-state index contributed by atoms with van der Waals surface area (Å²) in [7, 11) is 0.201. The fourth-order valence-electron chi connectivity index (χ4n) is 2.58. The van der Waals surface area contributed by atoms with Crippen LogP contribution in [0.2, 0.25) is 5.02 Å². The van der Waals surface area contributed by atoms with Gasteiger partial charge < -0.3 is 10.1 Å². The van der Waals surface area contributed by atoms with Gasteiger partial charge in [0.25, 0.3) is 5.91 Å². The summed E-state index contributed by atoms with van der Waals surface area (Å²) < 4.78 is 30.6. The van der Waals surface area contributed by atoms with Gasteiger partial charge in [0.15, 0.2) is 0 Å². The van der Waals surface area contributed by atoms with E-state index in [0.717, 1.165) is 15.4 Å². The number of nitrogens with zero attached hydrogens (tertiary/aromatic N) is 1. The molecule has 0 radical (unpaired) electrons. The molecule has 0 aliphatic heterocycles. The third-order valence-electron chi connectivity index (χ3n) is 4.34. The number of amides is 1. The molecule has 2 aromatic rings. The molecule has 1 amide bonds. The number of halogens is 1. The monoisotopic (exact) mass is 438 g/mol. The van der Waals surface area contributed by atoms with Crippen LogP contribution in [0.4, 0.5) is 0 Å². The molecular weight excluding hydrogens is 416 g/mol. The lowest BCUT2D eigenvalue weighted by Gasteiger charge is -2.19. The summed E-state index contributed by atoms with van der Waals surface area (Å²) in [5.74, 6) is -1.02. The zero-order valence-electron chi connectivity index (χ0n) is 16.6. The van der Waals surface area contributed by atoms with Gasteiger partial charge >= 0.3 is 5.97 Å². The van der Waals surface area contributed by atoms with Gasteiger partial charge in [-0.1, -0.05) is 41.4 Å². The van der Waals surface area contributed by atoms with Gasteiger partial charge in [-0.2, -0.15) is 0 Å². The maximum absolute atomic E-state index is 12.8. The number of hydrogen-bond acceptors (Lipinski definition) is 5. The van der Waals surface area contributed by atoms with Gasteiger partial charge in [-0.3, -0.25) is 9.59 Å². The number of sulfonamides is 1. The quantitative estimate of drug-likeness (QED) is 0.671. The molecule has 0 aliphatic carbocycles. The minimum atomic E-state index is -3.82. The van der Waals surface area contributed by atoms with Crippen LogP contribution < -0.4 is 5.32 Å². The normalized spacial score (nSPS) is 12.5. The van der Waals surface area contributed by atoms with Crippen LogP contribution in [0.25, 0.3) is 0 Å². The highest BCUT2D eigenvalue weighted by atomic mass is 35.5. The number of benzene rings is 2. The van der Waals surface area contributed by atoms with E-state index in [0.29, 0.717) is 0 Å². The maximum Gasteiger partial charge on any atom is 0.307 e. The van der Waals surface area contributed by atoms with Crippen molar-refractivity contribution in [3.8, 4) is 0 Å². The molecular formula is C20H23ClN2O5S. The minimum absolute atomic E-state index is 0.0138. The van der Waals surface area contributed by atoms with Crippen LogP contribution in [-0.2, 0) is 19.6 Å². The first-order valence-corrected chi connectivity index (χ1v) is 10.5. The second kappa shape index (κ2) is 9.39. The van der Waals surface area contributed by atoms with Crippen molar-refractivity contribution in [2.75, 3.05) is 21.2 Å². The number of rotatable bonds is 7. The Morgan fingerprint density at radius 1 is 1.14 bits per heavy atom. The molecule has 156 valence electrons. The summed E-state index contributed by atoms with van der Waals surface area (Å²) in [6.07, 6.45) is -0.0677. The number of esters is 1. The molecule has 0 aliphatic rings. The third kappa shape index (κ3) is 5.56. The van der Waals surface area contributed by atoms with Gasteiger partial charge in [0.2, 0.25) is 10.0 Å². The highest BCUT2D eigenvalue weighted by Gasteiger charge is 2.24. The van der Waals surface area contributed by atoms with Crippen molar-refractivity contribution < 1.29 is 22.7 Å². The van der Waals surface area contributed by atoms with Crippen molar-refractivity contribution in [1.82, 2.24) is 9.62 Å². The van der Waals surface area contributed by atoms with E-state index >= 15 is 0 Å². The Labute approximate surface area is 175 Å². The first kappa shape index (κ1) is 22.9. The molecule has 9 heteroatoms. The molecule has 2 aromatic carbocycles. The largest absolute Gasteiger partial charge is 0.469 e. The number of ether oxygens (including phenoxy) is 1. The molecule has 0 saturated carbocycles. The number of methoxy groups -OCH3 is 1. The topological polar surface area (TPSA) is 92.8 Å². The van der Waals surface area contributed by atoms with Gasteiger partial charge in [-0.15, -0.1) is 0 Å². The molecule has 29 heavy (non-hydrogen) atoms. The summed E-state index contributed by atoms with van der Waals surface area (Å²) in [4.78, 5) is 24.5. The van der Waals surface area contributed by atoms with E-state index in [9.17, 15) is 18.0 Å². The first-order chi connectivity index (χ1) is 13.6. The number of carbonyl (C=O) groups excluding carboxylic acids is 2. The molecule has 0 aromatic heterocycles. The lowest BCUT2D eigenvalue weighted by atomic mass is 10.0. The first-order valence-electron chi connectivity index (χ1n) is 8.72. The van der Waals surface area contributed by atoms with Crippen LogP contribution in [0.3, 0.4) is 0 Å². The van der Waals surface area contributed by atoms with Crippen molar-refractivity contribution in [2.45, 2.75) is 24.3 Å². The van der Waals surface area contributed by atoms with Crippen LogP contribution in [0, 0.1) is 6.92 Å². The zero-order chi connectivity index (χ0) is 21.8. The van der Waals surface area contributed by atoms with Crippen LogP contribution in [0.5, 0.6) is 0 Å². The average molecular weight is 439 g/mol. The predicted molar refractivity (Wildman–Crippen MR) is 110 cm³/mol. The van der Waals surface area contributed by atoms with Gasteiger partial charge in [0.1, 0.15) is 4.90 Å². The molecule has 1 N–H and O–H groups in total. The fourth-order valence-corrected chi connectivity index (χ4v) is 3.98. The molecule has 7 nitrogen and oxygen atoms in total. The van der Waals surface area contributed by atoms with Crippen molar-refractivity contribution in [1.29, 1.82) is 0 Å². The Hall–Kier alpha value is -2.42. The number of carbonyl (C=O) groups is 2. The summed E-state index contributed by atoms with van der Waals surface area (Å²) in [5, 5.41) is 2.78. The minimum Gasteiger partial charge on any atom is -0.469 e. The summed E-state index contributed by atoms with van der Waals surface area (Å²) in [6, 6.07) is 10.7. The van der Waals surface area contributed by atoms with Crippen molar-refractivity contribution in [3.05, 3.63) is 64.2 Å². The molecule has 0 heterocycles. The van der Waals surface area contributed by atoms with Crippen molar-refractivity contribution >= 4 is 33.5 Å². The molecule has 0 saturated heterocycles. The molecule has 1 atom stereocenters. The predicted octanol–water partition coefficient (Wildman–Crippen LogP) is 2.93. The lowest BCUT2D eigenvalue weighted by molar-refractivity contribution is -0.141. The van der Waals surface area contributed by atoms with Gasteiger partial charge in [-0.25, -0.2) is 12.7 Å². The third-order valence-corrected chi connectivity index (χ3v) is 6.63. The highest BCUT2D eigenvalue weighted by molar-refractivity contribution is 7.89. The maximum atomic E-state index is 12.8. The Morgan fingerprint density at radius 2 is 1.76 bits per heavy atom. The summed E-state index contributed by atoms with van der Waals surface area (Å²) in [5.41, 5.74) is 1.87. The highest BCUT2D eigenvalue weighted by Crippen LogP contribution is 2.25. The SMILES string of the molecule is COC(=O)CC(NC(=O)c1ccc(Cl)c(S(=O)(=O)N(C)C)c1)c1ccc(C)cc1. The van der Waals surface area contributed by atoms with E-state index in [4.69, 9.17) is 16.3 Å². The van der Waals surface area contributed by atoms with Crippen LogP contribution in [0.1, 0.15) is 33.9 Å². The van der Waals surface area contributed by atoms with E-state index in [1.165, 1.54) is 39.4 Å². The van der Waals surface area contributed by atoms with Crippen molar-refractivity contribution in [3.63, 3.8) is 0 Å². The van der Waals surface area contributed by atoms with E-state index in [-0.39, 0.29) is 21.9 Å². The molecule has 0 fully saturated rings. The van der Waals surface area contributed by atoms with E-state index in [1.54, 1.807) is 0 Å². The van der Waals surface area contributed by atoms with Gasteiger partial charge in [-0.05, 0) is 30.7 Å². The molecule has 2 rings (SSSR count). The van der Waals surface area contributed by atoms with Crippen LogP contribution in [-0.4, -0.2) is 45.8 Å². The number of nitrogens with one attached hydrogen (secondary N) is 1. The van der Waals surface area contributed by atoms with Crippen LogP contribution in [0.15, 0.2) is 47.4 Å². The summed E-state index contributed by atoms with van der Waals surface area (Å²) in [6.45, 7) is 1.93. The van der Waals surface area contributed by atoms with Crippen molar-refractivity contribution in [2.24, 2.45) is 0 Å². The second-order valence-electron chi connectivity index (χ2n) is 6.65. The zero-order valence-corrected chi connectivity index (χ0v) is 18.2. The Kier molecular flexibility index (Phi) is 7.40. The van der Waals surface area contributed by atoms with E-state index in [2.05, 4.69) is 5.32 Å². The Bertz CT molecular complexity index is 1000. The van der Waals surface area contributed by atoms with Crippen LogP contribution >= 0.6 is 11.6 Å². The Morgan fingerprint density at radius 3 is 2.31 bits per heavy atom. The van der Waals surface area contributed by atoms with Gasteiger partial charge in [0, 0.05) is 19.7 Å². The average Bonchev–Trinajstić information content (AvgIpc) is 2.67. The van der Waals surface area contributed by atoms with E-state index in [1.807, 2.05) is 31.2 Å². The van der Waals surface area contributed by atoms with Gasteiger partial charge in [0.05, 0.1) is 24.6 Å². The molecule has 1 unspecified atom stereocenters. The fraction of sp³-hybridized carbons (Fsp3) is 0.300. The molecule has 0 bridgehead atoms. The lowest BCUT2D eigenvalue weighted by Crippen LogP contribution is -2.31.